The first-order chi connectivity index (χ1) is 12.1. The molecule has 3 rings (SSSR count). The Balaban J connectivity index is 1.41. The average Bonchev–Trinajstić information content (AvgIpc) is 3.14. The zero-order chi connectivity index (χ0) is 17.6. The van der Waals surface area contributed by atoms with Crippen LogP contribution in [0.2, 0.25) is 0 Å². The second-order valence-corrected chi connectivity index (χ2v) is 6.50. The number of nitrogens with one attached hydrogen (secondary N) is 1. The van der Waals surface area contributed by atoms with E-state index in [0.29, 0.717) is 25.9 Å². The van der Waals surface area contributed by atoms with Gasteiger partial charge in [0.1, 0.15) is 5.82 Å². The van der Waals surface area contributed by atoms with E-state index >= 15 is 0 Å². The highest BCUT2D eigenvalue weighted by Gasteiger charge is 2.30. The minimum Gasteiger partial charge on any atom is -0.351 e. The maximum absolute atomic E-state index is 12.1. The summed E-state index contributed by atoms with van der Waals surface area (Å²) in [5.74, 6) is 1.07. The van der Waals surface area contributed by atoms with Crippen molar-refractivity contribution < 1.29 is 9.59 Å². The molecule has 2 amide bonds. The maximum Gasteiger partial charge on any atom is 0.225 e. The van der Waals surface area contributed by atoms with Crippen molar-refractivity contribution in [3.05, 3.63) is 54.1 Å². The molecule has 0 bridgehead atoms. The van der Waals surface area contributed by atoms with E-state index in [-0.39, 0.29) is 17.9 Å². The van der Waals surface area contributed by atoms with Gasteiger partial charge >= 0.3 is 0 Å². The first kappa shape index (κ1) is 17.2. The molecular formula is C19H24N4O2. The van der Waals surface area contributed by atoms with Crippen molar-refractivity contribution in [2.45, 2.75) is 45.3 Å². The molecule has 1 aliphatic rings. The molecule has 0 aliphatic carbocycles. The molecule has 1 aromatic carbocycles. The molecule has 1 saturated heterocycles. The smallest absolute Gasteiger partial charge is 0.225 e. The summed E-state index contributed by atoms with van der Waals surface area (Å²) in [7, 11) is 0. The molecule has 6 heteroatoms. The lowest BCUT2D eigenvalue weighted by Gasteiger charge is -2.17. The molecule has 0 saturated carbocycles. The highest BCUT2D eigenvalue weighted by Crippen LogP contribution is 2.15. The van der Waals surface area contributed by atoms with Crippen molar-refractivity contribution in [3.63, 3.8) is 0 Å². The number of imidazole rings is 1. The van der Waals surface area contributed by atoms with Gasteiger partial charge in [0.2, 0.25) is 11.8 Å². The Hall–Kier alpha value is -2.63. The molecule has 2 heterocycles. The van der Waals surface area contributed by atoms with E-state index in [9.17, 15) is 9.59 Å². The fourth-order valence-corrected chi connectivity index (χ4v) is 3.18. The van der Waals surface area contributed by atoms with E-state index in [1.165, 1.54) is 0 Å². The minimum atomic E-state index is -0.0845. The van der Waals surface area contributed by atoms with Crippen LogP contribution in [0.15, 0.2) is 42.7 Å². The van der Waals surface area contributed by atoms with Gasteiger partial charge in [-0.2, -0.15) is 0 Å². The first-order valence-electron chi connectivity index (χ1n) is 8.70. The summed E-state index contributed by atoms with van der Waals surface area (Å²) in [5, 5.41) is 2.99. The minimum absolute atomic E-state index is 0.0112. The Morgan fingerprint density at radius 1 is 1.32 bits per heavy atom. The standard InChI is InChI=1S/C19H24N4O2/c1-15-20-9-11-22(15)10-5-8-18(24)21-17-12-19(25)23(14-17)13-16-6-3-2-4-7-16/h2-4,6-7,9,11,17H,5,8,10,12-14H2,1H3,(H,21,24). The summed E-state index contributed by atoms with van der Waals surface area (Å²) < 4.78 is 2.04. The van der Waals surface area contributed by atoms with Crippen LogP contribution in [0, 0.1) is 6.92 Å². The molecule has 2 aromatic rings. The van der Waals surface area contributed by atoms with Crippen molar-refractivity contribution in [1.82, 2.24) is 19.8 Å². The van der Waals surface area contributed by atoms with Crippen molar-refractivity contribution in [3.8, 4) is 0 Å². The van der Waals surface area contributed by atoms with Gasteiger partial charge in [0.05, 0.1) is 6.04 Å². The number of aromatic nitrogens is 2. The van der Waals surface area contributed by atoms with Gasteiger partial charge < -0.3 is 14.8 Å². The van der Waals surface area contributed by atoms with Gasteiger partial charge in [-0.25, -0.2) is 4.98 Å². The van der Waals surface area contributed by atoms with Gasteiger partial charge in [-0.1, -0.05) is 30.3 Å². The zero-order valence-corrected chi connectivity index (χ0v) is 14.5. The average molecular weight is 340 g/mol. The molecule has 1 unspecified atom stereocenters. The Labute approximate surface area is 147 Å². The first-order valence-corrected chi connectivity index (χ1v) is 8.70. The molecule has 0 radical (unpaired) electrons. The Bertz CT molecular complexity index is 726. The second-order valence-electron chi connectivity index (χ2n) is 6.50. The molecule has 1 aromatic heterocycles. The summed E-state index contributed by atoms with van der Waals surface area (Å²) >= 11 is 0. The third kappa shape index (κ3) is 4.68. The number of hydrogen-bond acceptors (Lipinski definition) is 3. The fourth-order valence-electron chi connectivity index (χ4n) is 3.18. The second kappa shape index (κ2) is 7.96. The predicted octanol–water partition coefficient (Wildman–Crippen LogP) is 1.89. The lowest BCUT2D eigenvalue weighted by molar-refractivity contribution is -0.128. The van der Waals surface area contributed by atoms with E-state index in [4.69, 9.17) is 0 Å². The Kier molecular flexibility index (Phi) is 5.48. The van der Waals surface area contributed by atoms with Crippen molar-refractivity contribution in [2.24, 2.45) is 0 Å². The van der Waals surface area contributed by atoms with E-state index in [2.05, 4.69) is 10.3 Å². The Morgan fingerprint density at radius 2 is 2.12 bits per heavy atom. The van der Waals surface area contributed by atoms with Crippen LogP contribution in [0.25, 0.3) is 0 Å². The van der Waals surface area contributed by atoms with Gasteiger partial charge in [-0.3, -0.25) is 9.59 Å². The SMILES string of the molecule is Cc1nccn1CCCC(=O)NC1CC(=O)N(Cc2ccccc2)C1. The van der Waals surface area contributed by atoms with Crippen LogP contribution in [0.3, 0.4) is 0 Å². The van der Waals surface area contributed by atoms with Crippen LogP contribution in [-0.4, -0.2) is 38.9 Å². The summed E-state index contributed by atoms with van der Waals surface area (Å²) in [4.78, 5) is 30.2. The van der Waals surface area contributed by atoms with Gasteiger partial charge in [0.15, 0.2) is 0 Å². The number of aryl methyl sites for hydroxylation is 2. The number of amides is 2. The van der Waals surface area contributed by atoms with Crippen molar-refractivity contribution in [1.29, 1.82) is 0 Å². The van der Waals surface area contributed by atoms with Gasteiger partial charge in [-0.15, -0.1) is 0 Å². The fraction of sp³-hybridized carbons (Fsp3) is 0.421. The van der Waals surface area contributed by atoms with Crippen LogP contribution >= 0.6 is 0 Å². The number of rotatable bonds is 7. The molecule has 1 aliphatic heterocycles. The number of benzene rings is 1. The molecule has 1 N–H and O–H groups in total. The van der Waals surface area contributed by atoms with Crippen LogP contribution in [0.1, 0.15) is 30.7 Å². The number of carbonyl (C=O) groups excluding carboxylic acids is 2. The lowest BCUT2D eigenvalue weighted by atomic mass is 10.2. The summed E-state index contributed by atoms with van der Waals surface area (Å²) in [5.41, 5.74) is 1.11. The van der Waals surface area contributed by atoms with Crippen LogP contribution < -0.4 is 5.32 Å². The van der Waals surface area contributed by atoms with Crippen LogP contribution in [0.4, 0.5) is 0 Å². The number of nitrogens with zero attached hydrogens (tertiary/aromatic N) is 3. The molecule has 6 nitrogen and oxygen atoms in total. The number of carbonyl (C=O) groups is 2. The molecule has 1 atom stereocenters. The lowest BCUT2D eigenvalue weighted by Crippen LogP contribution is -2.37. The van der Waals surface area contributed by atoms with E-state index in [1.807, 2.05) is 52.9 Å². The topological polar surface area (TPSA) is 67.2 Å². The van der Waals surface area contributed by atoms with Crippen molar-refractivity contribution in [2.75, 3.05) is 6.54 Å². The summed E-state index contributed by atoms with van der Waals surface area (Å²) in [6.07, 6.45) is 5.29. The predicted molar refractivity (Wildman–Crippen MR) is 94.6 cm³/mol. The van der Waals surface area contributed by atoms with Crippen LogP contribution in [-0.2, 0) is 22.7 Å². The maximum atomic E-state index is 12.1. The quantitative estimate of drug-likeness (QED) is 0.837. The highest BCUT2D eigenvalue weighted by atomic mass is 16.2. The van der Waals surface area contributed by atoms with Crippen molar-refractivity contribution >= 4 is 11.8 Å². The summed E-state index contributed by atoms with van der Waals surface area (Å²) in [6.45, 7) is 3.92. The zero-order valence-electron chi connectivity index (χ0n) is 14.5. The van der Waals surface area contributed by atoms with Gasteiger partial charge in [0.25, 0.3) is 0 Å². The van der Waals surface area contributed by atoms with Gasteiger partial charge in [0, 0.05) is 44.9 Å². The van der Waals surface area contributed by atoms with Gasteiger partial charge in [-0.05, 0) is 18.9 Å². The molecule has 0 spiro atoms. The molecule has 25 heavy (non-hydrogen) atoms. The monoisotopic (exact) mass is 340 g/mol. The third-order valence-electron chi connectivity index (χ3n) is 4.52. The summed E-state index contributed by atoms with van der Waals surface area (Å²) in [6, 6.07) is 9.84. The van der Waals surface area contributed by atoms with E-state index < -0.39 is 0 Å². The number of likely N-dealkylation sites (tertiary alicyclic amines) is 1. The molecule has 132 valence electrons. The van der Waals surface area contributed by atoms with E-state index in [0.717, 1.165) is 24.4 Å². The highest BCUT2D eigenvalue weighted by molar-refractivity contribution is 5.82. The largest absolute Gasteiger partial charge is 0.351 e. The van der Waals surface area contributed by atoms with E-state index in [1.54, 1.807) is 6.20 Å². The molecular weight excluding hydrogens is 316 g/mol. The normalized spacial score (nSPS) is 17.1. The third-order valence-corrected chi connectivity index (χ3v) is 4.52. The number of hydrogen-bond donors (Lipinski definition) is 1. The van der Waals surface area contributed by atoms with Crippen LogP contribution in [0.5, 0.6) is 0 Å². The molecule has 1 fully saturated rings. The Morgan fingerprint density at radius 3 is 2.84 bits per heavy atom.